The van der Waals surface area contributed by atoms with Crippen LogP contribution in [0.3, 0.4) is 0 Å². The van der Waals surface area contributed by atoms with Crippen molar-refractivity contribution >= 4 is 11.6 Å². The van der Waals surface area contributed by atoms with Gasteiger partial charge in [0.1, 0.15) is 0 Å². The fraction of sp³-hybridized carbons (Fsp3) is 0.190. The Morgan fingerprint density at radius 3 is 2.04 bits per heavy atom. The zero-order valence-electron chi connectivity index (χ0n) is 14.6. The molecule has 3 heteroatoms. The quantitative estimate of drug-likeness (QED) is 0.727. The molecule has 1 N–H and O–H groups in total. The van der Waals surface area contributed by atoms with Gasteiger partial charge in [-0.3, -0.25) is 4.79 Å². The van der Waals surface area contributed by atoms with Gasteiger partial charge in [0, 0.05) is 17.1 Å². The number of para-hydroxylation sites is 1. The van der Waals surface area contributed by atoms with Gasteiger partial charge in [-0.15, -0.1) is 0 Å². The Bertz CT molecular complexity index is 866. The van der Waals surface area contributed by atoms with E-state index in [1.807, 2.05) is 64.1 Å². The summed E-state index contributed by atoms with van der Waals surface area (Å²) in [6.07, 6.45) is 0. The number of nitrogens with one attached hydrogen (secondary N) is 1. The number of benzene rings is 2. The maximum Gasteiger partial charge on any atom is 0.257 e. The van der Waals surface area contributed by atoms with E-state index in [4.69, 9.17) is 0 Å². The molecular formula is C21H22N2O. The summed E-state index contributed by atoms with van der Waals surface area (Å²) in [6.45, 7) is 8.16. The highest BCUT2D eigenvalue weighted by molar-refractivity contribution is 6.06. The molecule has 3 aromatic rings. The number of hydrogen-bond donors (Lipinski definition) is 1. The van der Waals surface area contributed by atoms with Gasteiger partial charge < -0.3 is 9.88 Å². The molecule has 1 heterocycles. The van der Waals surface area contributed by atoms with E-state index in [1.54, 1.807) is 0 Å². The van der Waals surface area contributed by atoms with E-state index in [9.17, 15) is 4.79 Å². The lowest BCUT2D eigenvalue weighted by atomic mass is 10.1. The summed E-state index contributed by atoms with van der Waals surface area (Å²) in [6, 6.07) is 17.9. The van der Waals surface area contributed by atoms with Crippen molar-refractivity contribution in [2.24, 2.45) is 0 Å². The van der Waals surface area contributed by atoms with E-state index in [1.165, 1.54) is 0 Å². The molecule has 0 aliphatic heterocycles. The van der Waals surface area contributed by atoms with Crippen LogP contribution in [-0.2, 0) is 0 Å². The van der Waals surface area contributed by atoms with Crippen LogP contribution in [0.1, 0.15) is 32.9 Å². The smallest absolute Gasteiger partial charge is 0.257 e. The fourth-order valence-electron chi connectivity index (χ4n) is 3.15. The van der Waals surface area contributed by atoms with Crippen molar-refractivity contribution < 1.29 is 4.79 Å². The lowest BCUT2D eigenvalue weighted by Crippen LogP contribution is -2.16. The second kappa shape index (κ2) is 6.36. The van der Waals surface area contributed by atoms with E-state index in [2.05, 4.69) is 28.1 Å². The molecule has 0 aliphatic carbocycles. The zero-order valence-corrected chi connectivity index (χ0v) is 14.6. The maximum atomic E-state index is 12.9. The maximum absolute atomic E-state index is 12.9. The predicted molar refractivity (Wildman–Crippen MR) is 99.1 cm³/mol. The molecule has 0 bridgehead atoms. The molecule has 0 radical (unpaired) electrons. The number of carbonyl (C=O) groups is 1. The molecule has 1 aromatic heterocycles. The topological polar surface area (TPSA) is 34.0 Å². The Morgan fingerprint density at radius 2 is 1.42 bits per heavy atom. The number of rotatable bonds is 3. The molecule has 0 aliphatic rings. The molecule has 2 aromatic carbocycles. The molecule has 0 fully saturated rings. The van der Waals surface area contributed by atoms with E-state index < -0.39 is 0 Å². The van der Waals surface area contributed by atoms with Crippen LogP contribution in [-0.4, -0.2) is 10.5 Å². The zero-order chi connectivity index (χ0) is 17.3. The van der Waals surface area contributed by atoms with E-state index >= 15 is 0 Å². The summed E-state index contributed by atoms with van der Waals surface area (Å²) in [5, 5.41) is 3.03. The van der Waals surface area contributed by atoms with Crippen LogP contribution in [0.15, 0.2) is 54.6 Å². The highest BCUT2D eigenvalue weighted by atomic mass is 16.1. The van der Waals surface area contributed by atoms with Crippen LogP contribution in [0.4, 0.5) is 5.69 Å². The van der Waals surface area contributed by atoms with Gasteiger partial charge in [-0.25, -0.2) is 0 Å². The standard InChI is InChI=1S/C21H22N2O/c1-14-11-15(2)13-18(12-14)22-21(24)19-7-5-6-8-20(19)23-16(3)9-10-17(23)4/h5-13H,1-4H3,(H,22,24). The molecule has 3 nitrogen and oxygen atoms in total. The monoisotopic (exact) mass is 318 g/mol. The summed E-state index contributed by atoms with van der Waals surface area (Å²) in [4.78, 5) is 12.9. The lowest BCUT2D eigenvalue weighted by Gasteiger charge is -2.15. The minimum atomic E-state index is -0.0944. The number of hydrogen-bond acceptors (Lipinski definition) is 1. The van der Waals surface area contributed by atoms with Gasteiger partial charge in [0.15, 0.2) is 0 Å². The van der Waals surface area contributed by atoms with Crippen LogP contribution in [0.25, 0.3) is 5.69 Å². The molecule has 24 heavy (non-hydrogen) atoms. The molecule has 0 spiro atoms. The normalized spacial score (nSPS) is 10.7. The summed E-state index contributed by atoms with van der Waals surface area (Å²) < 4.78 is 2.11. The molecule has 0 saturated heterocycles. The molecule has 3 rings (SSSR count). The highest BCUT2D eigenvalue weighted by Crippen LogP contribution is 2.22. The SMILES string of the molecule is Cc1cc(C)cc(NC(=O)c2ccccc2-n2c(C)ccc2C)c1. The summed E-state index contributed by atoms with van der Waals surface area (Å²) in [5.74, 6) is -0.0944. The van der Waals surface area contributed by atoms with Crippen LogP contribution >= 0.6 is 0 Å². The Morgan fingerprint density at radius 1 is 0.833 bits per heavy atom. The van der Waals surface area contributed by atoms with Crippen LogP contribution in [0.5, 0.6) is 0 Å². The van der Waals surface area contributed by atoms with Gasteiger partial charge in [0.25, 0.3) is 5.91 Å². The van der Waals surface area contributed by atoms with Gasteiger partial charge in [-0.1, -0.05) is 18.2 Å². The first-order chi connectivity index (χ1) is 11.5. The molecule has 122 valence electrons. The highest BCUT2D eigenvalue weighted by Gasteiger charge is 2.15. The summed E-state index contributed by atoms with van der Waals surface area (Å²) >= 11 is 0. The summed E-state index contributed by atoms with van der Waals surface area (Å²) in [5.41, 5.74) is 6.89. The number of nitrogens with zero attached hydrogens (tertiary/aromatic N) is 1. The van der Waals surface area contributed by atoms with E-state index in [-0.39, 0.29) is 5.91 Å². The van der Waals surface area contributed by atoms with Crippen LogP contribution in [0.2, 0.25) is 0 Å². The number of carbonyl (C=O) groups excluding carboxylic acids is 1. The van der Waals surface area contributed by atoms with Gasteiger partial charge >= 0.3 is 0 Å². The van der Waals surface area contributed by atoms with Crippen molar-refractivity contribution in [1.82, 2.24) is 4.57 Å². The average molecular weight is 318 g/mol. The molecule has 0 atom stereocenters. The third kappa shape index (κ3) is 3.11. The number of amides is 1. The predicted octanol–water partition coefficient (Wildman–Crippen LogP) is 4.96. The summed E-state index contributed by atoms with van der Waals surface area (Å²) in [7, 11) is 0. The molecule has 1 amide bonds. The Hall–Kier alpha value is -2.81. The van der Waals surface area contributed by atoms with E-state index in [0.29, 0.717) is 5.56 Å². The molecular weight excluding hydrogens is 296 g/mol. The molecule has 0 saturated carbocycles. The fourth-order valence-corrected chi connectivity index (χ4v) is 3.15. The van der Waals surface area contributed by atoms with Crippen LogP contribution < -0.4 is 5.32 Å². The minimum absolute atomic E-state index is 0.0944. The Kier molecular flexibility index (Phi) is 4.26. The second-order valence-electron chi connectivity index (χ2n) is 6.30. The van der Waals surface area contributed by atoms with E-state index in [0.717, 1.165) is 33.9 Å². The van der Waals surface area contributed by atoms with Crippen molar-refractivity contribution in [2.45, 2.75) is 27.7 Å². The first-order valence-electron chi connectivity index (χ1n) is 8.10. The lowest BCUT2D eigenvalue weighted by molar-refractivity contribution is 0.102. The van der Waals surface area contributed by atoms with Crippen LogP contribution in [0, 0.1) is 27.7 Å². The Labute approximate surface area is 143 Å². The first-order valence-corrected chi connectivity index (χ1v) is 8.10. The van der Waals surface area contributed by atoms with Gasteiger partial charge in [0.2, 0.25) is 0 Å². The number of aromatic nitrogens is 1. The third-order valence-corrected chi connectivity index (χ3v) is 4.14. The van der Waals surface area contributed by atoms with Gasteiger partial charge in [-0.05, 0) is 75.2 Å². The largest absolute Gasteiger partial charge is 0.322 e. The number of anilines is 1. The second-order valence-corrected chi connectivity index (χ2v) is 6.30. The van der Waals surface area contributed by atoms with Crippen molar-refractivity contribution in [1.29, 1.82) is 0 Å². The van der Waals surface area contributed by atoms with Gasteiger partial charge in [0.05, 0.1) is 11.3 Å². The van der Waals surface area contributed by atoms with Crippen molar-refractivity contribution in [2.75, 3.05) is 5.32 Å². The minimum Gasteiger partial charge on any atom is -0.322 e. The number of aryl methyl sites for hydroxylation is 4. The van der Waals surface area contributed by atoms with Gasteiger partial charge in [-0.2, -0.15) is 0 Å². The van der Waals surface area contributed by atoms with Crippen molar-refractivity contribution in [3.63, 3.8) is 0 Å². The first kappa shape index (κ1) is 16.1. The van der Waals surface area contributed by atoms with Crippen molar-refractivity contribution in [3.05, 3.63) is 82.7 Å². The Balaban J connectivity index is 1.99. The average Bonchev–Trinajstić information content (AvgIpc) is 2.85. The molecule has 0 unspecified atom stereocenters. The van der Waals surface area contributed by atoms with Crippen molar-refractivity contribution in [3.8, 4) is 5.69 Å². The third-order valence-electron chi connectivity index (χ3n) is 4.14.